The first-order chi connectivity index (χ1) is 9.20. The molecule has 0 fully saturated rings. The van der Waals surface area contributed by atoms with Gasteiger partial charge in [0.05, 0.1) is 0 Å². The summed E-state index contributed by atoms with van der Waals surface area (Å²) >= 11 is 0. The summed E-state index contributed by atoms with van der Waals surface area (Å²) in [5, 5.41) is 0. The molecular formula is C15H17F2NO. The summed E-state index contributed by atoms with van der Waals surface area (Å²) in [5.41, 5.74) is 1.05. The molecule has 0 aromatic heterocycles. The van der Waals surface area contributed by atoms with E-state index in [2.05, 4.69) is 0 Å². The van der Waals surface area contributed by atoms with E-state index in [0.29, 0.717) is 18.9 Å². The van der Waals surface area contributed by atoms with Crippen LogP contribution in [0.15, 0.2) is 54.4 Å². The largest absolute Gasteiger partial charge is 0.487 e. The number of alkyl halides is 2. The number of nitrogens with zero attached hydrogens (tertiary/aromatic N) is 1. The van der Waals surface area contributed by atoms with Gasteiger partial charge < -0.3 is 9.64 Å². The second kappa shape index (κ2) is 6.36. The summed E-state index contributed by atoms with van der Waals surface area (Å²) < 4.78 is 31.2. The molecule has 1 aliphatic rings. The Kier molecular flexibility index (Phi) is 4.55. The first-order valence-electron chi connectivity index (χ1n) is 6.31. The highest BCUT2D eigenvalue weighted by molar-refractivity contribution is 5.21. The molecule has 1 heterocycles. The van der Waals surface area contributed by atoms with Crippen molar-refractivity contribution in [2.75, 3.05) is 6.54 Å². The Hall–Kier alpha value is -1.84. The number of ether oxygens (including phenoxy) is 1. The Bertz CT molecular complexity index is 456. The third kappa shape index (κ3) is 3.56. The average molecular weight is 265 g/mol. The molecule has 0 radical (unpaired) electrons. The van der Waals surface area contributed by atoms with Gasteiger partial charge in [0, 0.05) is 12.7 Å². The first-order valence-corrected chi connectivity index (χ1v) is 6.31. The van der Waals surface area contributed by atoms with Crippen molar-refractivity contribution in [3.63, 3.8) is 0 Å². The molecule has 2 rings (SSSR count). The van der Waals surface area contributed by atoms with Crippen LogP contribution >= 0.6 is 0 Å². The number of allylic oxidation sites excluding steroid dienone is 1. The SMILES string of the molecule is CCN1C=C(OCc2ccccc2)C=CC1C(F)F. The lowest BCUT2D eigenvalue weighted by Crippen LogP contribution is -2.37. The molecule has 0 amide bonds. The second-order valence-electron chi connectivity index (χ2n) is 4.32. The predicted octanol–water partition coefficient (Wildman–Crippen LogP) is 3.57. The smallest absolute Gasteiger partial charge is 0.262 e. The monoisotopic (exact) mass is 265 g/mol. The van der Waals surface area contributed by atoms with Crippen molar-refractivity contribution in [3.05, 3.63) is 60.0 Å². The Morgan fingerprint density at radius 1 is 1.26 bits per heavy atom. The lowest BCUT2D eigenvalue weighted by atomic mass is 10.2. The molecule has 1 aromatic carbocycles. The van der Waals surface area contributed by atoms with Gasteiger partial charge in [-0.25, -0.2) is 8.78 Å². The standard InChI is InChI=1S/C15H17F2NO/c1-2-18-10-13(8-9-14(18)15(16)17)19-11-12-6-4-3-5-7-12/h3-10,14-15H,2,11H2,1H3. The van der Waals surface area contributed by atoms with Crippen LogP contribution < -0.4 is 0 Å². The zero-order valence-corrected chi connectivity index (χ0v) is 10.8. The molecule has 0 spiro atoms. The average Bonchev–Trinajstić information content (AvgIpc) is 2.45. The third-order valence-corrected chi connectivity index (χ3v) is 3.01. The van der Waals surface area contributed by atoms with Gasteiger partial charge in [0.2, 0.25) is 0 Å². The number of hydrogen-bond donors (Lipinski definition) is 0. The molecule has 2 nitrogen and oxygen atoms in total. The molecule has 4 heteroatoms. The number of benzene rings is 1. The van der Waals surface area contributed by atoms with Gasteiger partial charge >= 0.3 is 0 Å². The Morgan fingerprint density at radius 2 is 2.00 bits per heavy atom. The maximum absolute atomic E-state index is 12.8. The summed E-state index contributed by atoms with van der Waals surface area (Å²) in [4.78, 5) is 1.59. The minimum absolute atomic E-state index is 0.438. The van der Waals surface area contributed by atoms with Crippen molar-refractivity contribution in [1.29, 1.82) is 0 Å². The molecule has 0 bridgehead atoms. The lowest BCUT2D eigenvalue weighted by molar-refractivity contribution is 0.0675. The molecule has 1 aromatic rings. The molecular weight excluding hydrogens is 248 g/mol. The van der Waals surface area contributed by atoms with Gasteiger partial charge in [-0.05, 0) is 18.6 Å². The summed E-state index contributed by atoms with van der Waals surface area (Å²) in [5.74, 6) is 0.614. The molecule has 0 aliphatic carbocycles. The highest BCUT2D eigenvalue weighted by Gasteiger charge is 2.25. The predicted molar refractivity (Wildman–Crippen MR) is 70.6 cm³/mol. The van der Waals surface area contributed by atoms with Crippen LogP contribution in [0.5, 0.6) is 0 Å². The van der Waals surface area contributed by atoms with Crippen LogP contribution in [0.1, 0.15) is 12.5 Å². The molecule has 0 N–H and O–H groups in total. The summed E-state index contributed by atoms with van der Waals surface area (Å²) in [6.45, 7) is 2.81. The van der Waals surface area contributed by atoms with Gasteiger partial charge in [-0.1, -0.05) is 36.4 Å². The normalized spacial score (nSPS) is 18.6. The number of hydrogen-bond acceptors (Lipinski definition) is 2. The number of halogens is 2. The maximum Gasteiger partial charge on any atom is 0.262 e. The Balaban J connectivity index is 1.97. The van der Waals surface area contributed by atoms with Gasteiger partial charge in [0.15, 0.2) is 0 Å². The van der Waals surface area contributed by atoms with Gasteiger partial charge in [0.1, 0.15) is 18.4 Å². The molecule has 0 saturated carbocycles. The van der Waals surface area contributed by atoms with Crippen molar-refractivity contribution >= 4 is 0 Å². The molecule has 1 atom stereocenters. The van der Waals surface area contributed by atoms with Crippen LogP contribution in [0.2, 0.25) is 0 Å². The highest BCUT2D eigenvalue weighted by Crippen LogP contribution is 2.20. The maximum atomic E-state index is 12.8. The van der Waals surface area contributed by atoms with Gasteiger partial charge in [-0.3, -0.25) is 0 Å². The van der Waals surface area contributed by atoms with Gasteiger partial charge in [-0.15, -0.1) is 0 Å². The molecule has 1 unspecified atom stereocenters. The minimum atomic E-state index is -2.39. The minimum Gasteiger partial charge on any atom is -0.487 e. The van der Waals surface area contributed by atoms with E-state index in [9.17, 15) is 8.78 Å². The van der Waals surface area contributed by atoms with Crippen molar-refractivity contribution in [1.82, 2.24) is 4.90 Å². The van der Waals surface area contributed by atoms with Crippen LogP contribution in [0.25, 0.3) is 0 Å². The third-order valence-electron chi connectivity index (χ3n) is 3.01. The topological polar surface area (TPSA) is 12.5 Å². The fraction of sp³-hybridized carbons (Fsp3) is 0.333. The summed E-state index contributed by atoms with van der Waals surface area (Å²) in [6.07, 6.45) is 2.38. The van der Waals surface area contributed by atoms with E-state index in [0.717, 1.165) is 5.56 Å². The number of rotatable bonds is 5. The fourth-order valence-electron chi connectivity index (χ4n) is 1.95. The van der Waals surface area contributed by atoms with Crippen molar-refractivity contribution < 1.29 is 13.5 Å². The molecule has 0 saturated heterocycles. The van der Waals surface area contributed by atoms with E-state index in [1.807, 2.05) is 37.3 Å². The summed E-state index contributed by atoms with van der Waals surface area (Å²) in [7, 11) is 0. The zero-order chi connectivity index (χ0) is 13.7. The van der Waals surface area contributed by atoms with Crippen molar-refractivity contribution in [2.24, 2.45) is 0 Å². The lowest BCUT2D eigenvalue weighted by Gasteiger charge is -2.30. The molecule has 102 valence electrons. The van der Waals surface area contributed by atoms with Gasteiger partial charge in [0.25, 0.3) is 6.43 Å². The summed E-state index contributed by atoms with van der Waals surface area (Å²) in [6, 6.07) is 8.90. The molecule has 19 heavy (non-hydrogen) atoms. The number of likely N-dealkylation sites (N-methyl/N-ethyl adjacent to an activating group) is 1. The Labute approximate surface area is 112 Å². The van der Waals surface area contributed by atoms with E-state index in [1.54, 1.807) is 17.2 Å². The van der Waals surface area contributed by atoms with Gasteiger partial charge in [-0.2, -0.15) is 0 Å². The zero-order valence-electron chi connectivity index (χ0n) is 10.8. The van der Waals surface area contributed by atoms with Crippen LogP contribution in [-0.2, 0) is 11.3 Å². The van der Waals surface area contributed by atoms with E-state index >= 15 is 0 Å². The fourth-order valence-corrected chi connectivity index (χ4v) is 1.95. The highest BCUT2D eigenvalue weighted by atomic mass is 19.3. The van der Waals surface area contributed by atoms with E-state index < -0.39 is 12.5 Å². The van der Waals surface area contributed by atoms with E-state index in [1.165, 1.54) is 6.08 Å². The van der Waals surface area contributed by atoms with E-state index in [4.69, 9.17) is 4.74 Å². The quantitative estimate of drug-likeness (QED) is 0.807. The van der Waals surface area contributed by atoms with Crippen LogP contribution in [0.4, 0.5) is 8.78 Å². The van der Waals surface area contributed by atoms with Crippen LogP contribution in [0.3, 0.4) is 0 Å². The first kappa shape index (κ1) is 13.6. The Morgan fingerprint density at radius 3 is 2.63 bits per heavy atom. The second-order valence-corrected chi connectivity index (χ2v) is 4.32. The van der Waals surface area contributed by atoms with Crippen LogP contribution in [0, 0.1) is 0 Å². The van der Waals surface area contributed by atoms with Crippen molar-refractivity contribution in [2.45, 2.75) is 26.0 Å². The molecule has 1 aliphatic heterocycles. The van der Waals surface area contributed by atoms with E-state index in [-0.39, 0.29) is 0 Å². The van der Waals surface area contributed by atoms with Crippen molar-refractivity contribution in [3.8, 4) is 0 Å². The van der Waals surface area contributed by atoms with Crippen LogP contribution in [-0.4, -0.2) is 23.9 Å².